The van der Waals surface area contributed by atoms with E-state index in [4.69, 9.17) is 4.74 Å². The maximum Gasteiger partial charge on any atom is 0.262 e. The number of benzene rings is 2. The summed E-state index contributed by atoms with van der Waals surface area (Å²) in [6, 6.07) is 15.9. The van der Waals surface area contributed by atoms with Crippen LogP contribution in [0, 0.1) is 3.57 Å². The van der Waals surface area contributed by atoms with Crippen LogP contribution in [0.25, 0.3) is 0 Å². The van der Waals surface area contributed by atoms with Crippen molar-refractivity contribution in [2.45, 2.75) is 38.0 Å². The van der Waals surface area contributed by atoms with Crippen LogP contribution < -0.4 is 10.1 Å². The van der Waals surface area contributed by atoms with Gasteiger partial charge >= 0.3 is 0 Å². The first-order valence-electron chi connectivity index (χ1n) is 8.49. The van der Waals surface area contributed by atoms with Crippen LogP contribution in [0.1, 0.15) is 43.6 Å². The highest BCUT2D eigenvalue weighted by atomic mass is 127. The normalized spacial score (nSPS) is 15.0. The average molecular weight is 435 g/mol. The van der Waals surface area contributed by atoms with Crippen molar-refractivity contribution in [2.75, 3.05) is 11.9 Å². The van der Waals surface area contributed by atoms with Gasteiger partial charge in [-0.25, -0.2) is 0 Å². The molecule has 0 heterocycles. The van der Waals surface area contributed by atoms with Crippen molar-refractivity contribution >= 4 is 34.2 Å². The highest BCUT2D eigenvalue weighted by molar-refractivity contribution is 14.1. The predicted molar refractivity (Wildman–Crippen MR) is 106 cm³/mol. The van der Waals surface area contributed by atoms with E-state index in [1.807, 2.05) is 36.4 Å². The number of nitrogens with one attached hydrogen (secondary N) is 1. The fraction of sp³-hybridized carbons (Fsp3) is 0.350. The Labute approximate surface area is 156 Å². The SMILES string of the molecule is O=C(COc1ccc(C2CCCCC2)cc1)Nc1ccccc1I. The largest absolute Gasteiger partial charge is 0.484 e. The minimum absolute atomic E-state index is 0.0216. The monoisotopic (exact) mass is 435 g/mol. The van der Waals surface area contributed by atoms with E-state index in [9.17, 15) is 4.79 Å². The molecule has 1 aliphatic rings. The van der Waals surface area contributed by atoms with E-state index in [-0.39, 0.29) is 12.5 Å². The summed E-state index contributed by atoms with van der Waals surface area (Å²) in [5.41, 5.74) is 2.21. The smallest absolute Gasteiger partial charge is 0.262 e. The van der Waals surface area contributed by atoms with E-state index in [2.05, 4.69) is 40.0 Å². The van der Waals surface area contributed by atoms with Gasteiger partial charge in [-0.05, 0) is 71.2 Å². The van der Waals surface area contributed by atoms with Gasteiger partial charge in [0.05, 0.1) is 5.69 Å². The molecule has 0 atom stereocenters. The molecule has 2 aromatic rings. The summed E-state index contributed by atoms with van der Waals surface area (Å²) in [6.45, 7) is 0.0216. The van der Waals surface area contributed by atoms with Gasteiger partial charge in [0.2, 0.25) is 0 Å². The lowest BCUT2D eigenvalue weighted by Gasteiger charge is -2.22. The molecule has 0 saturated heterocycles. The molecule has 24 heavy (non-hydrogen) atoms. The summed E-state index contributed by atoms with van der Waals surface area (Å²) in [7, 11) is 0. The first-order chi connectivity index (χ1) is 11.7. The lowest BCUT2D eigenvalue weighted by Crippen LogP contribution is -2.20. The number of hydrogen-bond donors (Lipinski definition) is 1. The van der Waals surface area contributed by atoms with E-state index in [0.717, 1.165) is 15.0 Å². The molecule has 0 aromatic heterocycles. The summed E-state index contributed by atoms with van der Waals surface area (Å²) in [4.78, 5) is 12.0. The molecule has 0 radical (unpaired) electrons. The van der Waals surface area contributed by atoms with Gasteiger partial charge in [-0.15, -0.1) is 0 Å². The topological polar surface area (TPSA) is 38.3 Å². The molecule has 2 aromatic carbocycles. The molecular formula is C20H22INO2. The summed E-state index contributed by atoms with van der Waals surface area (Å²) in [6.07, 6.45) is 6.62. The van der Waals surface area contributed by atoms with Gasteiger partial charge in [0, 0.05) is 3.57 Å². The Morgan fingerprint density at radius 2 is 1.75 bits per heavy atom. The van der Waals surface area contributed by atoms with E-state index < -0.39 is 0 Å². The Bertz CT molecular complexity index is 678. The standard InChI is InChI=1S/C20H22INO2/c21-18-8-4-5-9-19(18)22-20(23)14-24-17-12-10-16(11-13-17)15-6-2-1-3-7-15/h4-5,8-13,15H,1-3,6-7,14H2,(H,22,23). The highest BCUT2D eigenvalue weighted by Crippen LogP contribution is 2.33. The molecule has 126 valence electrons. The number of rotatable bonds is 5. The number of hydrogen-bond acceptors (Lipinski definition) is 2. The van der Waals surface area contributed by atoms with Crippen LogP contribution >= 0.6 is 22.6 Å². The van der Waals surface area contributed by atoms with E-state index in [1.165, 1.54) is 37.7 Å². The molecular weight excluding hydrogens is 413 g/mol. The highest BCUT2D eigenvalue weighted by Gasteiger charge is 2.15. The number of halogens is 1. The van der Waals surface area contributed by atoms with Crippen LogP contribution in [0.15, 0.2) is 48.5 Å². The minimum atomic E-state index is -0.143. The van der Waals surface area contributed by atoms with Crippen molar-refractivity contribution in [3.05, 3.63) is 57.7 Å². The maximum atomic E-state index is 12.0. The van der Waals surface area contributed by atoms with Crippen LogP contribution in [0.5, 0.6) is 5.75 Å². The van der Waals surface area contributed by atoms with E-state index >= 15 is 0 Å². The van der Waals surface area contributed by atoms with E-state index in [1.54, 1.807) is 0 Å². The second-order valence-electron chi connectivity index (χ2n) is 6.22. The number of amides is 1. The predicted octanol–water partition coefficient (Wildman–Crippen LogP) is 5.36. The number of carbonyl (C=O) groups excluding carboxylic acids is 1. The van der Waals surface area contributed by atoms with Crippen molar-refractivity contribution in [3.8, 4) is 5.75 Å². The Morgan fingerprint density at radius 3 is 2.46 bits per heavy atom. The van der Waals surface area contributed by atoms with Crippen molar-refractivity contribution in [1.82, 2.24) is 0 Å². The zero-order chi connectivity index (χ0) is 16.8. The second kappa shape index (κ2) is 8.51. The van der Waals surface area contributed by atoms with Gasteiger partial charge in [0.1, 0.15) is 5.75 Å². The maximum absolute atomic E-state index is 12.0. The van der Waals surface area contributed by atoms with Gasteiger partial charge in [-0.1, -0.05) is 43.5 Å². The average Bonchev–Trinajstić information content (AvgIpc) is 2.63. The Balaban J connectivity index is 1.51. The summed E-state index contributed by atoms with van der Waals surface area (Å²) < 4.78 is 6.62. The number of para-hydroxylation sites is 1. The number of anilines is 1. The van der Waals surface area contributed by atoms with Crippen molar-refractivity contribution in [2.24, 2.45) is 0 Å². The van der Waals surface area contributed by atoms with Crippen molar-refractivity contribution < 1.29 is 9.53 Å². The third-order valence-corrected chi connectivity index (χ3v) is 5.42. The molecule has 3 nitrogen and oxygen atoms in total. The van der Waals surface area contributed by atoms with Gasteiger partial charge < -0.3 is 10.1 Å². The van der Waals surface area contributed by atoms with E-state index in [0.29, 0.717) is 5.92 Å². The molecule has 0 aliphatic heterocycles. The zero-order valence-corrected chi connectivity index (χ0v) is 15.8. The minimum Gasteiger partial charge on any atom is -0.484 e. The third-order valence-electron chi connectivity index (χ3n) is 4.47. The van der Waals surface area contributed by atoms with Crippen LogP contribution in [0.2, 0.25) is 0 Å². The Morgan fingerprint density at radius 1 is 1.04 bits per heavy atom. The molecule has 1 amide bonds. The fourth-order valence-electron chi connectivity index (χ4n) is 3.17. The molecule has 0 spiro atoms. The molecule has 0 unspecified atom stereocenters. The van der Waals surface area contributed by atoms with Gasteiger partial charge in [0.15, 0.2) is 6.61 Å². The van der Waals surface area contributed by atoms with Gasteiger partial charge in [-0.2, -0.15) is 0 Å². The van der Waals surface area contributed by atoms with Crippen LogP contribution in [0.4, 0.5) is 5.69 Å². The number of ether oxygens (including phenoxy) is 1. The summed E-state index contributed by atoms with van der Waals surface area (Å²) in [5.74, 6) is 1.29. The first-order valence-corrected chi connectivity index (χ1v) is 9.57. The zero-order valence-electron chi connectivity index (χ0n) is 13.6. The lowest BCUT2D eigenvalue weighted by molar-refractivity contribution is -0.118. The molecule has 1 N–H and O–H groups in total. The molecule has 3 rings (SSSR count). The van der Waals surface area contributed by atoms with Crippen LogP contribution in [-0.4, -0.2) is 12.5 Å². The Hall–Kier alpha value is -1.56. The van der Waals surface area contributed by atoms with Gasteiger partial charge in [-0.3, -0.25) is 4.79 Å². The van der Waals surface area contributed by atoms with Crippen molar-refractivity contribution in [3.63, 3.8) is 0 Å². The molecule has 1 saturated carbocycles. The van der Waals surface area contributed by atoms with Gasteiger partial charge in [0.25, 0.3) is 5.91 Å². The third kappa shape index (κ3) is 4.72. The molecule has 1 fully saturated rings. The molecule has 1 aliphatic carbocycles. The second-order valence-corrected chi connectivity index (χ2v) is 7.38. The summed E-state index contributed by atoms with van der Waals surface area (Å²) in [5, 5.41) is 2.87. The molecule has 0 bridgehead atoms. The van der Waals surface area contributed by atoms with Crippen LogP contribution in [-0.2, 0) is 4.79 Å². The van der Waals surface area contributed by atoms with Crippen molar-refractivity contribution in [1.29, 1.82) is 0 Å². The molecule has 4 heteroatoms. The lowest BCUT2D eigenvalue weighted by atomic mass is 9.84. The van der Waals surface area contributed by atoms with Crippen LogP contribution in [0.3, 0.4) is 0 Å². The first kappa shape index (κ1) is 17.3. The summed E-state index contributed by atoms with van der Waals surface area (Å²) >= 11 is 2.20. The number of carbonyl (C=O) groups is 1. The fourth-order valence-corrected chi connectivity index (χ4v) is 3.69. The quantitative estimate of drug-likeness (QED) is 0.643. The Kier molecular flexibility index (Phi) is 6.12.